The van der Waals surface area contributed by atoms with Crippen molar-refractivity contribution in [2.75, 3.05) is 41.2 Å². The highest BCUT2D eigenvalue weighted by atomic mass is 32.1. The first-order valence-electron chi connectivity index (χ1n) is 24.2. The van der Waals surface area contributed by atoms with E-state index in [4.69, 9.17) is 23.9 Å². The average Bonchev–Trinajstić information content (AvgIpc) is 3.89. The molecule has 5 aromatic rings. The van der Waals surface area contributed by atoms with Crippen LogP contribution in [-0.4, -0.2) is 86.7 Å². The van der Waals surface area contributed by atoms with Crippen LogP contribution in [-0.2, 0) is 50.1 Å². The number of aliphatic imine (C=N–C) groups is 1. The van der Waals surface area contributed by atoms with E-state index in [9.17, 15) is 28.8 Å². The monoisotopic (exact) mass is 1020 g/mol. The molecular weight excluding hydrogens is 969 g/mol. The molecule has 20 heteroatoms. The van der Waals surface area contributed by atoms with E-state index in [0.717, 1.165) is 28.9 Å². The Hall–Kier alpha value is -8.10. The molecule has 0 saturated carbocycles. The van der Waals surface area contributed by atoms with Crippen molar-refractivity contribution in [3.05, 3.63) is 124 Å². The fourth-order valence-electron chi connectivity index (χ4n) is 9.61. The van der Waals surface area contributed by atoms with Crippen LogP contribution in [0.1, 0.15) is 82.5 Å². The fourth-order valence-corrected chi connectivity index (χ4v) is 9.72. The molecule has 0 radical (unpaired) electrons. The van der Waals surface area contributed by atoms with Crippen molar-refractivity contribution in [3.8, 4) is 23.0 Å². The van der Waals surface area contributed by atoms with Crippen LogP contribution >= 0.6 is 12.8 Å². The van der Waals surface area contributed by atoms with Crippen LogP contribution < -0.4 is 54.9 Å². The van der Waals surface area contributed by atoms with E-state index >= 15 is 0 Å². The maximum absolute atomic E-state index is 14.1. The zero-order chi connectivity index (χ0) is 52.0. The number of nitrogens with one attached hydrogen (secondary N) is 5. The van der Waals surface area contributed by atoms with E-state index < -0.39 is 35.8 Å². The summed E-state index contributed by atoms with van der Waals surface area (Å²) in [6.07, 6.45) is 4.10. The predicted octanol–water partition coefficient (Wildman–Crippen LogP) is 6.55. The third-order valence-electron chi connectivity index (χ3n) is 13.3. The number of hydrogen-bond donors (Lipinski definition) is 6. The van der Waals surface area contributed by atoms with Gasteiger partial charge in [0.1, 0.15) is 25.3 Å². The number of amides is 5. The highest BCUT2D eigenvalue weighted by Gasteiger charge is 2.39. The van der Waals surface area contributed by atoms with Crippen LogP contribution in [0.5, 0.6) is 23.0 Å². The lowest BCUT2D eigenvalue weighted by Gasteiger charge is -2.22. The lowest BCUT2D eigenvalue weighted by atomic mass is 10.1. The smallest absolute Gasteiger partial charge is 0.325 e. The zero-order valence-electron chi connectivity index (χ0n) is 41.2. The number of carbonyl (C=O) groups is 6. The summed E-state index contributed by atoms with van der Waals surface area (Å²) in [4.78, 5) is 94.0. The van der Waals surface area contributed by atoms with Gasteiger partial charge < -0.3 is 50.0 Å². The molecule has 0 aromatic heterocycles. The van der Waals surface area contributed by atoms with Crippen LogP contribution in [0.2, 0.25) is 0 Å². The molecule has 4 aliphatic heterocycles. The van der Waals surface area contributed by atoms with E-state index in [1.807, 2.05) is 64.4 Å². The molecule has 5 N–H and O–H groups in total. The van der Waals surface area contributed by atoms with Crippen LogP contribution in [0, 0.1) is 0 Å². The van der Waals surface area contributed by atoms with Crippen molar-refractivity contribution in [1.29, 1.82) is 0 Å². The number of ether oxygens (including phenoxy) is 4. The quantitative estimate of drug-likeness (QED) is 0.0294. The van der Waals surface area contributed by atoms with Gasteiger partial charge in [-0.15, -0.1) is 0 Å². The molecule has 0 fully saturated rings. The summed E-state index contributed by atoms with van der Waals surface area (Å²) in [7, 11) is 3.00. The minimum Gasteiger partial charge on any atom is -0.493 e. The molecule has 0 spiro atoms. The standard InChI is InChI=1S/C54H56N8O11S/c1-30(57-49(63)15-9-10-16-50(64)73-60-74)51(65)58-31(2)52(66)59-36-18-32(28-71-47-24-41-39(22-45(47)69-3)53(67)61-37(26-55-41)20-34-11-5-7-13-43(34)61)17-33(19-36)29-72-48-25-42-40(23-46(48)70-4)54(68)62-38(27-56-42)21-35-12-6-8-14-44(35)62/h5-8,11-14,17-19,22-26,30-31,37-38,56,60,74H,9-10,15-16,20-21,27-29H2,1-4H3,(H,57,63)(H,58,65)(H,59,66)/t30-,31-,37-,38-/m0/s1. The van der Waals surface area contributed by atoms with E-state index in [0.29, 0.717) is 88.1 Å². The largest absolute Gasteiger partial charge is 0.493 e. The van der Waals surface area contributed by atoms with Crippen molar-refractivity contribution in [3.63, 3.8) is 0 Å². The number of methoxy groups -OCH3 is 2. The predicted molar refractivity (Wildman–Crippen MR) is 280 cm³/mol. The Morgan fingerprint density at radius 2 is 1.32 bits per heavy atom. The second-order valence-corrected chi connectivity index (χ2v) is 18.5. The molecule has 4 aliphatic rings. The summed E-state index contributed by atoms with van der Waals surface area (Å²) in [6, 6.07) is 25.4. The molecule has 19 nitrogen and oxygen atoms in total. The van der Waals surface area contributed by atoms with Gasteiger partial charge in [0.25, 0.3) is 11.8 Å². The third kappa shape index (κ3) is 11.0. The first kappa shape index (κ1) is 50.8. The van der Waals surface area contributed by atoms with Gasteiger partial charge >= 0.3 is 5.97 Å². The normalized spacial score (nSPS) is 16.6. The van der Waals surface area contributed by atoms with E-state index in [2.05, 4.69) is 38.9 Å². The number of hydrogen-bond acceptors (Lipinski definition) is 15. The first-order valence-corrected chi connectivity index (χ1v) is 24.7. The number of fused-ring (bicyclic) bond motifs is 8. The van der Waals surface area contributed by atoms with E-state index in [-0.39, 0.29) is 50.0 Å². The second kappa shape index (κ2) is 22.3. The molecule has 74 heavy (non-hydrogen) atoms. The average molecular weight is 1030 g/mol. The molecule has 9 rings (SSSR count). The van der Waals surface area contributed by atoms with Gasteiger partial charge in [0.2, 0.25) is 17.7 Å². The molecule has 4 heterocycles. The SMILES string of the molecule is COc1cc2c(cc1OCc1cc(COc3cc4c(cc3OC)C(=O)N3c5ccccc5C[C@H]3CN4)cc(NC(=O)[C@H](C)NC(=O)[C@H](C)NC(=O)CCCCC(=O)ONS)c1)N=C[C@@H]1Cc3ccccc3N1C2=O. The number of thiol groups is 1. The Kier molecular flexibility index (Phi) is 15.3. The van der Waals surface area contributed by atoms with Crippen LogP contribution in [0.15, 0.2) is 96.0 Å². The highest BCUT2D eigenvalue weighted by molar-refractivity contribution is 7.77. The number of nitrogens with zero attached hydrogens (tertiary/aromatic N) is 3. The molecule has 4 atom stereocenters. The Morgan fingerprint density at radius 1 is 0.716 bits per heavy atom. The van der Waals surface area contributed by atoms with Gasteiger partial charge in [0.05, 0.1) is 48.8 Å². The van der Waals surface area contributed by atoms with Gasteiger partial charge in [0, 0.05) is 61.2 Å². The highest BCUT2D eigenvalue weighted by Crippen LogP contribution is 2.43. The summed E-state index contributed by atoms with van der Waals surface area (Å²) < 4.78 is 24.4. The number of carbonyl (C=O) groups excluding carboxylic acids is 6. The van der Waals surface area contributed by atoms with Crippen molar-refractivity contribution < 1.29 is 52.6 Å². The number of unbranched alkanes of at least 4 members (excludes halogenated alkanes) is 1. The lowest BCUT2D eigenvalue weighted by Crippen LogP contribution is -2.50. The number of anilines is 4. The molecule has 0 saturated heterocycles. The molecule has 0 bridgehead atoms. The van der Waals surface area contributed by atoms with Gasteiger partial charge in [-0.1, -0.05) is 54.1 Å². The van der Waals surface area contributed by atoms with Crippen molar-refractivity contribution in [1.82, 2.24) is 15.5 Å². The Labute approximate surface area is 432 Å². The van der Waals surface area contributed by atoms with Gasteiger partial charge in [-0.3, -0.25) is 38.7 Å². The van der Waals surface area contributed by atoms with Gasteiger partial charge in [-0.05, 0) is 97.8 Å². The minimum atomic E-state index is -1.03. The Morgan fingerprint density at radius 3 is 2.01 bits per heavy atom. The number of para-hydroxylation sites is 2. The summed E-state index contributed by atoms with van der Waals surface area (Å²) in [5.41, 5.74) is 7.35. The van der Waals surface area contributed by atoms with Gasteiger partial charge in [-0.25, -0.2) is 0 Å². The minimum absolute atomic E-state index is 0.0117. The van der Waals surface area contributed by atoms with E-state index in [1.165, 1.54) is 28.1 Å². The van der Waals surface area contributed by atoms with Crippen molar-refractivity contribution >= 4 is 83.0 Å². The molecule has 5 amide bonds. The number of rotatable bonds is 19. The summed E-state index contributed by atoms with van der Waals surface area (Å²) in [5.74, 6) is -1.02. The molecular formula is C54H56N8O11S. The zero-order valence-corrected chi connectivity index (χ0v) is 42.1. The van der Waals surface area contributed by atoms with Crippen LogP contribution in [0.4, 0.5) is 28.4 Å². The number of benzene rings is 5. The van der Waals surface area contributed by atoms with Crippen molar-refractivity contribution in [2.24, 2.45) is 4.99 Å². The topological polar surface area (TPSA) is 228 Å². The second-order valence-electron chi connectivity index (χ2n) is 18.4. The third-order valence-corrected chi connectivity index (χ3v) is 13.4. The Balaban J connectivity index is 0.923. The molecule has 0 aliphatic carbocycles. The van der Waals surface area contributed by atoms with Crippen LogP contribution in [0.25, 0.3) is 0 Å². The summed E-state index contributed by atoms with van der Waals surface area (Å²) in [5, 5.41) is 11.6. The van der Waals surface area contributed by atoms with Gasteiger partial charge in [0.15, 0.2) is 23.0 Å². The van der Waals surface area contributed by atoms with Gasteiger partial charge in [-0.2, -0.15) is 0 Å². The maximum Gasteiger partial charge on any atom is 0.325 e. The fraction of sp³-hybridized carbons (Fsp3) is 0.315. The lowest BCUT2D eigenvalue weighted by molar-refractivity contribution is -0.146. The maximum atomic E-state index is 14.1. The molecule has 0 unspecified atom stereocenters. The molecule has 384 valence electrons. The van der Waals surface area contributed by atoms with E-state index in [1.54, 1.807) is 47.5 Å². The Bertz CT molecular complexity index is 3060. The summed E-state index contributed by atoms with van der Waals surface area (Å²) in [6.45, 7) is 3.51. The van der Waals surface area contributed by atoms with Crippen LogP contribution in [0.3, 0.4) is 0 Å². The van der Waals surface area contributed by atoms with Crippen molar-refractivity contribution in [2.45, 2.75) is 89.8 Å². The molecule has 5 aromatic carbocycles. The first-order chi connectivity index (χ1) is 35.8. The summed E-state index contributed by atoms with van der Waals surface area (Å²) >= 11 is 3.61.